The van der Waals surface area contributed by atoms with Crippen molar-refractivity contribution >= 4 is 23.2 Å². The van der Waals surface area contributed by atoms with Crippen LogP contribution in [0, 0.1) is 5.92 Å². The first-order chi connectivity index (χ1) is 15.7. The molecule has 4 aromatic rings. The third kappa shape index (κ3) is 4.00. The number of nitrogens with zero attached hydrogens (tertiary/aromatic N) is 3. The molecule has 0 aliphatic carbocycles. The lowest BCUT2D eigenvalue weighted by Gasteiger charge is -2.16. The molecule has 0 bridgehead atoms. The Labute approximate surface area is 184 Å². The molecule has 158 valence electrons. The quantitative estimate of drug-likeness (QED) is 0.513. The van der Waals surface area contributed by atoms with Gasteiger partial charge in [-0.2, -0.15) is 4.98 Å². The Morgan fingerprint density at radius 3 is 2.31 bits per heavy atom. The SMILES string of the molecule is O=C(Nc1ccc(-c2nc(-c3ccccc3)no2)cc1)C1CC(=O)N(c2ccccc2)C1. The number of aromatic nitrogens is 2. The van der Waals surface area contributed by atoms with Gasteiger partial charge in [-0.15, -0.1) is 0 Å². The summed E-state index contributed by atoms with van der Waals surface area (Å²) in [5, 5.41) is 6.93. The van der Waals surface area contributed by atoms with E-state index in [1.54, 1.807) is 17.0 Å². The van der Waals surface area contributed by atoms with Crippen molar-refractivity contribution in [2.45, 2.75) is 6.42 Å². The standard InChI is InChI=1S/C25H20N4O3/c30-22-15-19(16-29(22)21-9-5-2-6-10-21)24(31)26-20-13-11-18(12-14-20)25-27-23(28-32-25)17-7-3-1-4-8-17/h1-14,19H,15-16H2,(H,26,31). The molecule has 2 amide bonds. The Bertz CT molecular complexity index is 1240. The van der Waals surface area contributed by atoms with Gasteiger partial charge in [0.1, 0.15) is 0 Å². The van der Waals surface area contributed by atoms with E-state index in [1.807, 2.05) is 72.8 Å². The van der Waals surface area contributed by atoms with Gasteiger partial charge in [0.25, 0.3) is 5.89 Å². The maximum Gasteiger partial charge on any atom is 0.258 e. The minimum Gasteiger partial charge on any atom is -0.334 e. The molecule has 1 N–H and O–H groups in total. The second-order valence-corrected chi connectivity index (χ2v) is 7.60. The zero-order valence-electron chi connectivity index (χ0n) is 17.1. The van der Waals surface area contributed by atoms with Gasteiger partial charge in [-0.05, 0) is 36.4 Å². The fourth-order valence-electron chi connectivity index (χ4n) is 3.73. The molecule has 7 nitrogen and oxygen atoms in total. The van der Waals surface area contributed by atoms with Crippen LogP contribution in [-0.2, 0) is 9.59 Å². The molecule has 2 heterocycles. The molecule has 0 spiro atoms. The third-order valence-electron chi connectivity index (χ3n) is 5.42. The average Bonchev–Trinajstić information content (AvgIpc) is 3.48. The van der Waals surface area contributed by atoms with E-state index in [2.05, 4.69) is 15.5 Å². The van der Waals surface area contributed by atoms with Crippen molar-refractivity contribution in [3.63, 3.8) is 0 Å². The summed E-state index contributed by atoms with van der Waals surface area (Å²) < 4.78 is 5.38. The summed E-state index contributed by atoms with van der Waals surface area (Å²) in [6.07, 6.45) is 0.197. The van der Waals surface area contributed by atoms with Gasteiger partial charge >= 0.3 is 0 Å². The van der Waals surface area contributed by atoms with Crippen molar-refractivity contribution in [1.82, 2.24) is 10.1 Å². The summed E-state index contributed by atoms with van der Waals surface area (Å²) in [6, 6.07) is 26.2. The van der Waals surface area contributed by atoms with Gasteiger partial charge in [0, 0.05) is 35.5 Å². The van der Waals surface area contributed by atoms with Crippen LogP contribution >= 0.6 is 0 Å². The first kappa shape index (κ1) is 19.7. The van der Waals surface area contributed by atoms with E-state index in [9.17, 15) is 9.59 Å². The number of anilines is 2. The van der Waals surface area contributed by atoms with E-state index >= 15 is 0 Å². The molecule has 1 aliphatic rings. The smallest absolute Gasteiger partial charge is 0.258 e. The number of hydrogen-bond donors (Lipinski definition) is 1. The largest absolute Gasteiger partial charge is 0.334 e. The van der Waals surface area contributed by atoms with Crippen LogP contribution in [0.5, 0.6) is 0 Å². The Kier molecular flexibility index (Phi) is 5.21. The number of hydrogen-bond acceptors (Lipinski definition) is 5. The molecule has 5 rings (SSSR count). The maximum atomic E-state index is 12.7. The van der Waals surface area contributed by atoms with Crippen molar-refractivity contribution in [2.75, 3.05) is 16.8 Å². The second-order valence-electron chi connectivity index (χ2n) is 7.60. The highest BCUT2D eigenvalue weighted by molar-refractivity contribution is 6.03. The van der Waals surface area contributed by atoms with Crippen LogP contribution in [0.1, 0.15) is 6.42 Å². The molecule has 32 heavy (non-hydrogen) atoms. The van der Waals surface area contributed by atoms with Crippen LogP contribution < -0.4 is 10.2 Å². The van der Waals surface area contributed by atoms with Gasteiger partial charge in [0.15, 0.2) is 0 Å². The van der Waals surface area contributed by atoms with Crippen LogP contribution in [0.4, 0.5) is 11.4 Å². The van der Waals surface area contributed by atoms with Crippen LogP contribution in [0.15, 0.2) is 89.5 Å². The Morgan fingerprint density at radius 1 is 0.906 bits per heavy atom. The molecule has 0 saturated carbocycles. The molecule has 0 radical (unpaired) electrons. The van der Waals surface area contributed by atoms with E-state index in [4.69, 9.17) is 4.52 Å². The molecular formula is C25H20N4O3. The number of benzene rings is 3. The molecular weight excluding hydrogens is 404 g/mol. The van der Waals surface area contributed by atoms with Crippen molar-refractivity contribution in [3.05, 3.63) is 84.9 Å². The van der Waals surface area contributed by atoms with E-state index in [0.29, 0.717) is 23.9 Å². The van der Waals surface area contributed by atoms with Crippen molar-refractivity contribution in [3.8, 4) is 22.8 Å². The summed E-state index contributed by atoms with van der Waals surface area (Å²) >= 11 is 0. The highest BCUT2D eigenvalue weighted by Gasteiger charge is 2.35. The topological polar surface area (TPSA) is 88.3 Å². The van der Waals surface area contributed by atoms with E-state index in [0.717, 1.165) is 16.8 Å². The zero-order valence-corrected chi connectivity index (χ0v) is 17.1. The number of nitrogens with one attached hydrogen (secondary N) is 1. The number of para-hydroxylation sites is 1. The normalized spacial score (nSPS) is 15.7. The number of amides is 2. The van der Waals surface area contributed by atoms with Crippen LogP contribution in [-0.4, -0.2) is 28.5 Å². The molecule has 7 heteroatoms. The van der Waals surface area contributed by atoms with Crippen LogP contribution in [0.25, 0.3) is 22.8 Å². The predicted octanol–water partition coefficient (Wildman–Crippen LogP) is 4.40. The van der Waals surface area contributed by atoms with Crippen molar-refractivity contribution < 1.29 is 14.1 Å². The summed E-state index contributed by atoms with van der Waals surface area (Å²) in [5.41, 5.74) is 3.09. The lowest BCUT2D eigenvalue weighted by molar-refractivity contribution is -0.122. The average molecular weight is 424 g/mol. The van der Waals surface area contributed by atoms with Gasteiger partial charge in [0.2, 0.25) is 17.6 Å². The zero-order chi connectivity index (χ0) is 21.9. The minimum atomic E-state index is -0.397. The molecule has 1 fully saturated rings. The Morgan fingerprint density at radius 2 is 1.59 bits per heavy atom. The second kappa shape index (κ2) is 8.47. The Balaban J connectivity index is 1.24. The lowest BCUT2D eigenvalue weighted by Crippen LogP contribution is -2.28. The van der Waals surface area contributed by atoms with Gasteiger partial charge in [-0.25, -0.2) is 0 Å². The van der Waals surface area contributed by atoms with Crippen molar-refractivity contribution in [2.24, 2.45) is 5.92 Å². The highest BCUT2D eigenvalue weighted by Crippen LogP contribution is 2.27. The first-order valence-corrected chi connectivity index (χ1v) is 10.3. The molecule has 3 aromatic carbocycles. The number of carbonyl (C=O) groups is 2. The predicted molar refractivity (Wildman–Crippen MR) is 121 cm³/mol. The molecule has 1 saturated heterocycles. The van der Waals surface area contributed by atoms with E-state index in [-0.39, 0.29) is 18.2 Å². The highest BCUT2D eigenvalue weighted by atomic mass is 16.5. The molecule has 1 aliphatic heterocycles. The molecule has 1 unspecified atom stereocenters. The summed E-state index contributed by atoms with van der Waals surface area (Å²) in [5.74, 6) is 0.311. The van der Waals surface area contributed by atoms with E-state index < -0.39 is 5.92 Å². The Hall–Kier alpha value is -4.26. The monoisotopic (exact) mass is 424 g/mol. The van der Waals surface area contributed by atoms with Gasteiger partial charge in [-0.3, -0.25) is 9.59 Å². The minimum absolute atomic E-state index is 0.0442. The molecule has 1 atom stereocenters. The fourth-order valence-corrected chi connectivity index (χ4v) is 3.73. The van der Waals surface area contributed by atoms with E-state index in [1.165, 1.54) is 0 Å². The van der Waals surface area contributed by atoms with Crippen LogP contribution in [0.2, 0.25) is 0 Å². The summed E-state index contributed by atoms with van der Waals surface area (Å²) in [4.78, 5) is 31.2. The maximum absolute atomic E-state index is 12.7. The van der Waals surface area contributed by atoms with Crippen molar-refractivity contribution in [1.29, 1.82) is 0 Å². The fraction of sp³-hybridized carbons (Fsp3) is 0.120. The van der Waals surface area contributed by atoms with Gasteiger partial charge in [0.05, 0.1) is 5.92 Å². The number of rotatable bonds is 5. The van der Waals surface area contributed by atoms with Gasteiger partial charge < -0.3 is 14.7 Å². The first-order valence-electron chi connectivity index (χ1n) is 10.3. The third-order valence-corrected chi connectivity index (χ3v) is 5.42. The lowest BCUT2D eigenvalue weighted by atomic mass is 10.1. The number of carbonyl (C=O) groups excluding carboxylic acids is 2. The van der Waals surface area contributed by atoms with Crippen LogP contribution in [0.3, 0.4) is 0 Å². The van der Waals surface area contributed by atoms with Gasteiger partial charge in [-0.1, -0.05) is 53.7 Å². The summed E-state index contributed by atoms with van der Waals surface area (Å²) in [6.45, 7) is 0.372. The molecule has 1 aromatic heterocycles. The summed E-state index contributed by atoms with van der Waals surface area (Å²) in [7, 11) is 0.